The van der Waals surface area contributed by atoms with Crippen LogP contribution in [-0.2, 0) is 0 Å². The zero-order valence-electron chi connectivity index (χ0n) is 10.2. The molecule has 0 spiro atoms. The molecule has 1 aliphatic heterocycles. The van der Waals surface area contributed by atoms with Gasteiger partial charge in [-0.05, 0) is 29.9 Å². The van der Waals surface area contributed by atoms with Gasteiger partial charge >= 0.3 is 0 Å². The van der Waals surface area contributed by atoms with Crippen LogP contribution in [0, 0.1) is 11.3 Å². The van der Waals surface area contributed by atoms with Gasteiger partial charge in [-0.15, -0.1) is 0 Å². The molecular weight excluding hydrogens is 220 g/mol. The van der Waals surface area contributed by atoms with Crippen molar-refractivity contribution in [2.24, 2.45) is 11.3 Å². The highest BCUT2D eigenvalue weighted by Gasteiger charge is 2.32. The fourth-order valence-corrected chi connectivity index (χ4v) is 2.41. The molecule has 0 saturated carbocycles. The molecule has 1 unspecified atom stereocenters. The topological polar surface area (TPSA) is 16.1 Å². The summed E-state index contributed by atoms with van der Waals surface area (Å²) in [5, 5.41) is 0.580. The zero-order chi connectivity index (χ0) is 11.8. The quantitative estimate of drug-likeness (QED) is 0.695. The molecule has 0 aliphatic carbocycles. The van der Waals surface area contributed by atoms with Crippen molar-refractivity contribution in [2.45, 2.75) is 27.2 Å². The fraction of sp³-hybridized carbons (Fsp3) is 0.615. The van der Waals surface area contributed by atoms with Crippen LogP contribution in [0.5, 0.6) is 0 Å². The van der Waals surface area contributed by atoms with E-state index in [0.717, 1.165) is 24.8 Å². The van der Waals surface area contributed by atoms with E-state index >= 15 is 0 Å². The van der Waals surface area contributed by atoms with Gasteiger partial charge in [-0.1, -0.05) is 38.4 Å². The third-order valence-electron chi connectivity index (χ3n) is 3.44. The lowest BCUT2D eigenvalue weighted by molar-refractivity contribution is 0.263. The number of anilines is 1. The van der Waals surface area contributed by atoms with E-state index in [4.69, 9.17) is 11.6 Å². The first-order chi connectivity index (χ1) is 7.47. The van der Waals surface area contributed by atoms with Crippen molar-refractivity contribution in [1.82, 2.24) is 4.98 Å². The van der Waals surface area contributed by atoms with Gasteiger partial charge in [0.15, 0.2) is 0 Å². The van der Waals surface area contributed by atoms with Crippen molar-refractivity contribution < 1.29 is 0 Å². The molecule has 1 aliphatic rings. The first-order valence-electron chi connectivity index (χ1n) is 5.84. The van der Waals surface area contributed by atoms with Crippen molar-refractivity contribution in [3.05, 3.63) is 23.4 Å². The van der Waals surface area contributed by atoms with Gasteiger partial charge in [0.25, 0.3) is 0 Å². The highest BCUT2D eigenvalue weighted by molar-refractivity contribution is 6.29. The van der Waals surface area contributed by atoms with E-state index in [-0.39, 0.29) is 0 Å². The molecule has 16 heavy (non-hydrogen) atoms. The summed E-state index contributed by atoms with van der Waals surface area (Å²) in [6.45, 7) is 9.12. The largest absolute Gasteiger partial charge is 0.356 e. The van der Waals surface area contributed by atoms with E-state index < -0.39 is 0 Å². The Morgan fingerprint density at radius 1 is 1.38 bits per heavy atom. The lowest BCUT2D eigenvalue weighted by Crippen LogP contribution is -2.26. The molecule has 0 amide bonds. The second-order valence-electron chi connectivity index (χ2n) is 5.62. The highest BCUT2D eigenvalue weighted by atomic mass is 35.5. The predicted molar refractivity (Wildman–Crippen MR) is 69.0 cm³/mol. The van der Waals surface area contributed by atoms with Crippen LogP contribution in [0.25, 0.3) is 0 Å². The Kier molecular flexibility index (Phi) is 3.11. The normalized spacial score (nSPS) is 21.5. The minimum Gasteiger partial charge on any atom is -0.356 e. The van der Waals surface area contributed by atoms with Crippen molar-refractivity contribution in [3.63, 3.8) is 0 Å². The van der Waals surface area contributed by atoms with E-state index in [1.165, 1.54) is 6.42 Å². The predicted octanol–water partition coefficient (Wildman–Crippen LogP) is 3.61. The minimum absolute atomic E-state index is 0.382. The van der Waals surface area contributed by atoms with E-state index in [1.807, 2.05) is 18.2 Å². The maximum absolute atomic E-state index is 5.91. The average Bonchev–Trinajstić information content (AvgIpc) is 2.65. The van der Waals surface area contributed by atoms with Crippen LogP contribution in [0.4, 0.5) is 5.82 Å². The third-order valence-corrected chi connectivity index (χ3v) is 3.65. The zero-order valence-corrected chi connectivity index (χ0v) is 11.0. The molecule has 1 aromatic rings. The van der Waals surface area contributed by atoms with Crippen molar-refractivity contribution in [3.8, 4) is 0 Å². The summed E-state index contributed by atoms with van der Waals surface area (Å²) in [6.07, 6.45) is 1.25. The first-order valence-corrected chi connectivity index (χ1v) is 6.22. The Bertz CT molecular complexity index is 370. The van der Waals surface area contributed by atoms with E-state index in [2.05, 4.69) is 30.7 Å². The van der Waals surface area contributed by atoms with Crippen molar-refractivity contribution >= 4 is 17.4 Å². The van der Waals surface area contributed by atoms with Crippen LogP contribution in [0.3, 0.4) is 0 Å². The molecular formula is C13H19ClN2. The Morgan fingerprint density at radius 2 is 2.12 bits per heavy atom. The number of halogens is 1. The maximum Gasteiger partial charge on any atom is 0.131 e. The van der Waals surface area contributed by atoms with Crippen molar-refractivity contribution in [2.75, 3.05) is 18.0 Å². The van der Waals surface area contributed by atoms with Crippen LogP contribution >= 0.6 is 11.6 Å². The van der Waals surface area contributed by atoms with Gasteiger partial charge in [-0.3, -0.25) is 0 Å². The second-order valence-corrected chi connectivity index (χ2v) is 6.00. The average molecular weight is 239 g/mol. The van der Waals surface area contributed by atoms with E-state index in [1.54, 1.807) is 0 Å². The van der Waals surface area contributed by atoms with Crippen LogP contribution in [-0.4, -0.2) is 18.1 Å². The molecule has 1 saturated heterocycles. The molecule has 0 N–H and O–H groups in total. The molecule has 2 rings (SSSR count). The summed E-state index contributed by atoms with van der Waals surface area (Å²) in [5.41, 5.74) is 0.382. The molecule has 1 aromatic heterocycles. The number of hydrogen-bond acceptors (Lipinski definition) is 2. The summed E-state index contributed by atoms with van der Waals surface area (Å²) in [7, 11) is 0. The van der Waals surface area contributed by atoms with Gasteiger partial charge in [0.1, 0.15) is 11.0 Å². The first kappa shape index (κ1) is 11.7. The van der Waals surface area contributed by atoms with E-state index in [9.17, 15) is 0 Å². The van der Waals surface area contributed by atoms with Crippen LogP contribution in [0.2, 0.25) is 5.15 Å². The highest BCUT2D eigenvalue weighted by Crippen LogP contribution is 2.35. The van der Waals surface area contributed by atoms with Gasteiger partial charge < -0.3 is 4.90 Å². The molecule has 0 radical (unpaired) electrons. The molecule has 0 bridgehead atoms. The minimum atomic E-state index is 0.382. The van der Waals surface area contributed by atoms with Crippen LogP contribution < -0.4 is 4.90 Å². The van der Waals surface area contributed by atoms with Gasteiger partial charge in [-0.25, -0.2) is 4.98 Å². The Balaban J connectivity index is 2.09. The maximum atomic E-state index is 5.91. The summed E-state index contributed by atoms with van der Waals surface area (Å²) < 4.78 is 0. The summed E-state index contributed by atoms with van der Waals surface area (Å²) in [4.78, 5) is 6.70. The number of pyridine rings is 1. The summed E-state index contributed by atoms with van der Waals surface area (Å²) in [6, 6.07) is 5.83. The lowest BCUT2D eigenvalue weighted by Gasteiger charge is -2.27. The molecule has 2 nitrogen and oxygen atoms in total. The van der Waals surface area contributed by atoms with Gasteiger partial charge in [0.05, 0.1) is 0 Å². The lowest BCUT2D eigenvalue weighted by atomic mass is 9.80. The smallest absolute Gasteiger partial charge is 0.131 e. The van der Waals surface area contributed by atoms with E-state index in [0.29, 0.717) is 10.6 Å². The van der Waals surface area contributed by atoms with Crippen molar-refractivity contribution in [1.29, 1.82) is 0 Å². The molecule has 0 aromatic carbocycles. The molecule has 2 heterocycles. The Labute approximate surface area is 103 Å². The van der Waals surface area contributed by atoms with Gasteiger partial charge in [0.2, 0.25) is 0 Å². The Hall–Kier alpha value is -0.760. The van der Waals surface area contributed by atoms with Gasteiger partial charge in [0, 0.05) is 13.1 Å². The number of hydrogen-bond donors (Lipinski definition) is 0. The fourth-order valence-electron chi connectivity index (χ4n) is 2.25. The molecule has 1 fully saturated rings. The van der Waals surface area contributed by atoms with Crippen LogP contribution in [0.1, 0.15) is 27.2 Å². The number of aromatic nitrogens is 1. The molecule has 3 heteroatoms. The summed E-state index contributed by atoms with van der Waals surface area (Å²) in [5.74, 6) is 1.76. The Morgan fingerprint density at radius 3 is 2.69 bits per heavy atom. The number of rotatable bonds is 1. The SMILES string of the molecule is CC(C)(C)C1CCN(c2cccc(Cl)n2)C1. The monoisotopic (exact) mass is 238 g/mol. The molecule has 1 atom stereocenters. The van der Waals surface area contributed by atoms with Crippen LogP contribution in [0.15, 0.2) is 18.2 Å². The standard InChI is InChI=1S/C13H19ClN2/c1-13(2,3)10-7-8-16(9-10)12-6-4-5-11(14)15-12/h4-6,10H,7-9H2,1-3H3. The molecule has 88 valence electrons. The second kappa shape index (κ2) is 4.25. The summed E-state index contributed by atoms with van der Waals surface area (Å²) >= 11 is 5.91. The number of nitrogens with zero attached hydrogens (tertiary/aromatic N) is 2. The van der Waals surface area contributed by atoms with Gasteiger partial charge in [-0.2, -0.15) is 0 Å². The third kappa shape index (κ3) is 2.49.